The number of halogens is 6. The number of ether oxygens (including phenoxy) is 4. The lowest BCUT2D eigenvalue weighted by atomic mass is 9.76. The first-order valence-corrected chi connectivity index (χ1v) is 15.1. The van der Waals surface area contributed by atoms with Gasteiger partial charge in [-0.25, -0.2) is 0 Å². The summed E-state index contributed by atoms with van der Waals surface area (Å²) in [6.07, 6.45) is -1.40. The van der Waals surface area contributed by atoms with Crippen molar-refractivity contribution >= 4 is 0 Å². The van der Waals surface area contributed by atoms with Crippen LogP contribution in [0, 0.1) is 34.5 Å². The van der Waals surface area contributed by atoms with Crippen molar-refractivity contribution in [1.29, 1.82) is 10.5 Å². The summed E-state index contributed by atoms with van der Waals surface area (Å²) in [6, 6.07) is 4.45. The van der Waals surface area contributed by atoms with Crippen LogP contribution in [0.4, 0.5) is 26.3 Å². The van der Waals surface area contributed by atoms with Crippen molar-refractivity contribution in [3.8, 4) is 12.1 Å². The first kappa shape index (κ1) is 34.6. The Labute approximate surface area is 244 Å². The van der Waals surface area contributed by atoms with Gasteiger partial charge in [0.05, 0.1) is 38.6 Å². The molecule has 42 heavy (non-hydrogen) atoms. The maximum absolute atomic E-state index is 12.1. The first-order chi connectivity index (χ1) is 19.9. The van der Waals surface area contributed by atoms with Gasteiger partial charge in [0.15, 0.2) is 11.6 Å². The van der Waals surface area contributed by atoms with Crippen molar-refractivity contribution < 1.29 is 45.3 Å². The zero-order chi connectivity index (χ0) is 30.7. The van der Waals surface area contributed by atoms with Gasteiger partial charge in [-0.2, -0.15) is 36.9 Å². The van der Waals surface area contributed by atoms with E-state index in [2.05, 4.69) is 12.1 Å². The number of nitrogens with zero attached hydrogens (tertiary/aromatic N) is 2. The summed E-state index contributed by atoms with van der Waals surface area (Å²) < 4.78 is 95.1. The van der Waals surface area contributed by atoms with E-state index >= 15 is 0 Å². The summed E-state index contributed by atoms with van der Waals surface area (Å²) in [5, 5.41) is 18.5. The SMILES string of the molecule is N#CC(CCCCC(F)(F)F)=C1CCC2(CC1)OCCO2.N#CC(CCCCC(F)(F)F)C1CCC2(CC1)OCCO2. The van der Waals surface area contributed by atoms with Crippen LogP contribution < -0.4 is 0 Å². The van der Waals surface area contributed by atoms with Crippen LogP contribution in [-0.2, 0) is 18.9 Å². The number of alkyl halides is 6. The molecule has 1 unspecified atom stereocenters. The van der Waals surface area contributed by atoms with Crippen molar-refractivity contribution in [2.75, 3.05) is 26.4 Å². The van der Waals surface area contributed by atoms with Crippen LogP contribution in [0.1, 0.15) is 103 Å². The molecule has 0 radical (unpaired) electrons. The second-order valence-electron chi connectivity index (χ2n) is 11.7. The quantitative estimate of drug-likeness (QED) is 0.148. The highest BCUT2D eigenvalue weighted by Crippen LogP contribution is 2.42. The molecule has 6 nitrogen and oxygen atoms in total. The molecule has 0 bridgehead atoms. The summed E-state index contributed by atoms with van der Waals surface area (Å²) in [5.74, 6) is -0.788. The van der Waals surface area contributed by atoms with Crippen molar-refractivity contribution in [3.05, 3.63) is 11.1 Å². The molecule has 0 aromatic heterocycles. The Hall–Kier alpha value is -1.86. The average Bonchev–Trinajstić information content (AvgIpc) is 3.60. The summed E-state index contributed by atoms with van der Waals surface area (Å²) in [7, 11) is 0. The normalized spacial score (nSPS) is 24.1. The van der Waals surface area contributed by atoms with Crippen LogP contribution in [0.15, 0.2) is 11.1 Å². The van der Waals surface area contributed by atoms with Crippen molar-refractivity contribution in [1.82, 2.24) is 0 Å². The molecule has 0 N–H and O–H groups in total. The lowest BCUT2D eigenvalue weighted by Crippen LogP contribution is -2.36. The fraction of sp³-hybridized carbons (Fsp3) is 0.867. The molecule has 12 heteroatoms. The number of unbranched alkanes of at least 4 members (excludes halogenated alkanes) is 2. The molecular formula is C30H42F6N2O4. The molecule has 4 fully saturated rings. The van der Waals surface area contributed by atoms with Crippen LogP contribution in [0.3, 0.4) is 0 Å². The zero-order valence-electron chi connectivity index (χ0n) is 24.1. The molecule has 2 aliphatic carbocycles. The third kappa shape index (κ3) is 11.3. The van der Waals surface area contributed by atoms with Gasteiger partial charge >= 0.3 is 12.4 Å². The molecular weight excluding hydrogens is 566 g/mol. The Kier molecular flexibility index (Phi) is 13.0. The summed E-state index contributed by atoms with van der Waals surface area (Å²) >= 11 is 0. The summed E-state index contributed by atoms with van der Waals surface area (Å²) in [4.78, 5) is 0. The number of hydrogen-bond donors (Lipinski definition) is 0. The van der Waals surface area contributed by atoms with E-state index in [0.717, 1.165) is 56.9 Å². The minimum Gasteiger partial charge on any atom is -0.348 e. The highest BCUT2D eigenvalue weighted by molar-refractivity contribution is 5.29. The smallest absolute Gasteiger partial charge is 0.348 e. The van der Waals surface area contributed by atoms with Gasteiger partial charge < -0.3 is 18.9 Å². The molecule has 2 saturated heterocycles. The van der Waals surface area contributed by atoms with Gasteiger partial charge in [-0.05, 0) is 63.7 Å². The number of hydrogen-bond acceptors (Lipinski definition) is 6. The van der Waals surface area contributed by atoms with Gasteiger partial charge in [-0.1, -0.05) is 12.0 Å². The molecule has 2 saturated carbocycles. The van der Waals surface area contributed by atoms with Crippen LogP contribution >= 0.6 is 0 Å². The van der Waals surface area contributed by atoms with Gasteiger partial charge in [0.2, 0.25) is 0 Å². The van der Waals surface area contributed by atoms with E-state index in [0.29, 0.717) is 57.7 Å². The Balaban J connectivity index is 0.000000230. The van der Waals surface area contributed by atoms with E-state index in [9.17, 15) is 36.9 Å². The molecule has 0 amide bonds. The Morgan fingerprint density at radius 2 is 1.21 bits per heavy atom. The van der Waals surface area contributed by atoms with Gasteiger partial charge in [-0.3, -0.25) is 0 Å². The maximum atomic E-state index is 12.1. The lowest BCUT2D eigenvalue weighted by molar-refractivity contribution is -0.184. The summed E-state index contributed by atoms with van der Waals surface area (Å²) in [6.45, 7) is 2.48. The Morgan fingerprint density at radius 3 is 1.67 bits per heavy atom. The van der Waals surface area contributed by atoms with Gasteiger partial charge in [0, 0.05) is 50.0 Å². The second-order valence-corrected chi connectivity index (χ2v) is 11.7. The monoisotopic (exact) mass is 608 g/mol. The molecule has 0 aromatic carbocycles. The van der Waals surface area contributed by atoms with Crippen molar-refractivity contribution in [2.24, 2.45) is 11.8 Å². The molecule has 2 aliphatic heterocycles. The molecule has 1 atom stereocenters. The Bertz CT molecular complexity index is 935. The Morgan fingerprint density at radius 1 is 0.738 bits per heavy atom. The highest BCUT2D eigenvalue weighted by atomic mass is 19.4. The molecule has 4 aliphatic rings. The van der Waals surface area contributed by atoms with E-state index in [-0.39, 0.29) is 24.7 Å². The standard InChI is InChI=1S/C15H22F3NO2.C15H20F3NO2/c2*16-15(17,18)6-2-1-3-13(11-19)12-4-7-14(8-5-12)20-9-10-21-14/h12-13H,1-10H2;1-10H2. The number of rotatable bonds is 9. The lowest BCUT2D eigenvalue weighted by Gasteiger charge is -2.36. The second kappa shape index (κ2) is 15.7. The predicted molar refractivity (Wildman–Crippen MR) is 140 cm³/mol. The zero-order valence-corrected chi connectivity index (χ0v) is 24.1. The highest BCUT2D eigenvalue weighted by Gasteiger charge is 2.42. The maximum Gasteiger partial charge on any atom is 0.389 e. The first-order valence-electron chi connectivity index (χ1n) is 15.1. The van der Waals surface area contributed by atoms with Crippen LogP contribution in [-0.4, -0.2) is 50.4 Å². The molecule has 2 heterocycles. The van der Waals surface area contributed by atoms with E-state index < -0.39 is 36.8 Å². The van der Waals surface area contributed by atoms with Crippen LogP contribution in [0.5, 0.6) is 0 Å². The number of nitriles is 2. The average molecular weight is 609 g/mol. The number of allylic oxidation sites excluding steroid dienone is 2. The van der Waals surface area contributed by atoms with E-state index in [1.807, 2.05) is 0 Å². The van der Waals surface area contributed by atoms with Crippen LogP contribution in [0.2, 0.25) is 0 Å². The van der Waals surface area contributed by atoms with E-state index in [1.54, 1.807) is 0 Å². The van der Waals surface area contributed by atoms with Crippen molar-refractivity contribution in [2.45, 2.75) is 127 Å². The fourth-order valence-electron chi connectivity index (χ4n) is 6.32. The topological polar surface area (TPSA) is 84.5 Å². The molecule has 0 aromatic rings. The van der Waals surface area contributed by atoms with Crippen LogP contribution in [0.25, 0.3) is 0 Å². The fourth-order valence-corrected chi connectivity index (χ4v) is 6.32. The molecule has 4 rings (SSSR count). The van der Waals surface area contributed by atoms with Gasteiger partial charge in [0.1, 0.15) is 0 Å². The van der Waals surface area contributed by atoms with Gasteiger partial charge in [0.25, 0.3) is 0 Å². The van der Waals surface area contributed by atoms with E-state index in [1.165, 1.54) is 0 Å². The largest absolute Gasteiger partial charge is 0.389 e. The molecule has 2 spiro atoms. The van der Waals surface area contributed by atoms with Crippen molar-refractivity contribution in [3.63, 3.8) is 0 Å². The van der Waals surface area contributed by atoms with Gasteiger partial charge in [-0.15, -0.1) is 0 Å². The summed E-state index contributed by atoms with van der Waals surface area (Å²) in [5.41, 5.74) is 1.72. The third-order valence-corrected chi connectivity index (χ3v) is 8.69. The minimum atomic E-state index is -4.10. The predicted octanol–water partition coefficient (Wildman–Crippen LogP) is 8.43. The van der Waals surface area contributed by atoms with E-state index in [4.69, 9.17) is 18.9 Å². The minimum absolute atomic E-state index is 0.0815. The molecule has 238 valence electrons. The third-order valence-electron chi connectivity index (χ3n) is 8.69.